The molecule has 81 heavy (non-hydrogen) atoms. The maximum Gasteiger partial charge on any atom is -0.00944 e. The van der Waals surface area contributed by atoms with Gasteiger partial charge in [-0.2, -0.15) is 0 Å². The first-order chi connectivity index (χ1) is 40.0. The average molecular weight is 1160 g/mol. The third kappa shape index (κ3) is 55.5. The molecule has 1 heteroatoms. The van der Waals surface area contributed by atoms with Crippen LogP contribution in [0.2, 0.25) is 0 Å². The Morgan fingerprint density at radius 1 is 0.148 bits per heavy atom. The molecule has 0 aliphatic heterocycles. The maximum absolute atomic E-state index is 2.38. The van der Waals surface area contributed by atoms with E-state index in [0.717, 1.165) is 0 Å². The minimum Gasteiger partial charge on any atom is -0.100 e. The summed E-state index contributed by atoms with van der Waals surface area (Å²) >= 11 is 0. The predicted octanol–water partition coefficient (Wildman–Crippen LogP) is 31.2. The van der Waals surface area contributed by atoms with Crippen molar-refractivity contribution in [3.8, 4) is 0 Å². The number of unbranched alkanes of at least 4 members (excludes halogenated alkanes) is 54. The fraction of sp³-hybridized carbons (Fsp3) is 1.00. The van der Waals surface area contributed by atoms with Crippen LogP contribution in [0, 0.1) is 5.41 Å². The van der Waals surface area contributed by atoms with Crippen LogP contribution in [0.25, 0.3) is 0 Å². The van der Waals surface area contributed by atoms with Gasteiger partial charge >= 0.3 is 0 Å². The Bertz CT molecular complexity index is 1020. The lowest BCUT2D eigenvalue weighted by atomic mass is 9.70. The highest BCUT2D eigenvalue weighted by Crippen LogP contribution is 2.59. The van der Waals surface area contributed by atoms with Gasteiger partial charge in [0.15, 0.2) is 0 Å². The predicted molar refractivity (Wildman–Crippen MR) is 380 cm³/mol. The molecule has 0 radical (unpaired) electrons. The van der Waals surface area contributed by atoms with Gasteiger partial charge < -0.3 is 0 Å². The first kappa shape index (κ1) is 81.4. The molecule has 0 heterocycles. The van der Waals surface area contributed by atoms with E-state index in [1.807, 2.05) is 0 Å². The van der Waals surface area contributed by atoms with Crippen LogP contribution in [-0.2, 0) is 0 Å². The van der Waals surface area contributed by atoms with Crippen molar-refractivity contribution in [3.63, 3.8) is 0 Å². The SMILES string of the molecule is CCCCCCCCCCP(CCCCCCCCCC)C(CCCCCCCCCC)(CCCCCCCCCC)CCCCCCCCC(CCCCCCCCCC)(CCCCCCCCCC)CCCCCCCCCC. The molecule has 0 unspecified atom stereocenters. The lowest BCUT2D eigenvalue weighted by Gasteiger charge is -2.43. The zero-order chi connectivity index (χ0) is 58.8. The Morgan fingerprint density at radius 3 is 0.457 bits per heavy atom. The van der Waals surface area contributed by atoms with Crippen molar-refractivity contribution in [2.75, 3.05) is 12.3 Å². The Morgan fingerprint density at radius 2 is 0.284 bits per heavy atom. The topological polar surface area (TPSA) is 0 Å². The van der Waals surface area contributed by atoms with Crippen LogP contribution in [0.4, 0.5) is 0 Å². The van der Waals surface area contributed by atoms with Crippen molar-refractivity contribution < 1.29 is 0 Å². The van der Waals surface area contributed by atoms with Gasteiger partial charge in [-0.3, -0.25) is 0 Å². The van der Waals surface area contributed by atoms with Gasteiger partial charge in [-0.15, -0.1) is 7.92 Å². The second kappa shape index (κ2) is 67.9. The van der Waals surface area contributed by atoms with Gasteiger partial charge in [0.2, 0.25) is 0 Å². The van der Waals surface area contributed by atoms with E-state index in [0.29, 0.717) is 10.6 Å². The van der Waals surface area contributed by atoms with Crippen LogP contribution in [-0.4, -0.2) is 17.5 Å². The molecule has 0 aromatic carbocycles. The van der Waals surface area contributed by atoms with Crippen LogP contribution in [0.1, 0.15) is 492 Å². The summed E-state index contributed by atoms with van der Waals surface area (Å²) in [6.07, 6.45) is 106. The Kier molecular flexibility index (Phi) is 68.3. The summed E-state index contributed by atoms with van der Waals surface area (Å²) in [5.41, 5.74) is 0.637. The quantitative estimate of drug-likeness (QED) is 0.0421. The summed E-state index contributed by atoms with van der Waals surface area (Å²) in [5.74, 6) is 0. The minimum atomic E-state index is 0.0871. The molecule has 0 aliphatic carbocycles. The van der Waals surface area contributed by atoms with Crippen molar-refractivity contribution in [2.45, 2.75) is 497 Å². The van der Waals surface area contributed by atoms with Crippen LogP contribution in [0.5, 0.6) is 0 Å². The zero-order valence-electron chi connectivity index (χ0n) is 58.7. The molecule has 488 valence electrons. The molecule has 0 spiro atoms. The molecule has 0 aliphatic rings. The summed E-state index contributed by atoms with van der Waals surface area (Å²) in [4.78, 5) is 0. The van der Waals surface area contributed by atoms with Crippen molar-refractivity contribution in [2.24, 2.45) is 5.41 Å². The van der Waals surface area contributed by atoms with E-state index < -0.39 is 0 Å². The van der Waals surface area contributed by atoms with Crippen molar-refractivity contribution in [1.82, 2.24) is 0 Å². The summed E-state index contributed by atoms with van der Waals surface area (Å²) in [5, 5.41) is 0.669. The monoisotopic (exact) mass is 1160 g/mol. The molecule has 0 amide bonds. The molecule has 0 N–H and O–H groups in total. The fourth-order valence-electron chi connectivity index (χ4n) is 14.8. The van der Waals surface area contributed by atoms with Gasteiger partial charge in [-0.1, -0.05) is 434 Å². The van der Waals surface area contributed by atoms with Gasteiger partial charge in [0.25, 0.3) is 0 Å². The van der Waals surface area contributed by atoms with Crippen LogP contribution in [0.3, 0.4) is 0 Å². The molecule has 0 saturated heterocycles. The third-order valence-electron chi connectivity index (χ3n) is 20.5. The molecule has 0 fully saturated rings. The van der Waals surface area contributed by atoms with Gasteiger partial charge in [0, 0.05) is 0 Å². The maximum atomic E-state index is 2.38. The third-order valence-corrected chi connectivity index (χ3v) is 24.2. The minimum absolute atomic E-state index is 0.0871. The second-order valence-corrected chi connectivity index (χ2v) is 31.3. The largest absolute Gasteiger partial charge is 0.100 e. The fourth-order valence-corrected chi connectivity index (χ4v) is 18.6. The molecule has 0 rings (SSSR count). The van der Waals surface area contributed by atoms with E-state index in [2.05, 4.69) is 48.5 Å². The van der Waals surface area contributed by atoms with E-state index in [-0.39, 0.29) is 7.92 Å². The normalized spacial score (nSPS) is 12.3. The summed E-state index contributed by atoms with van der Waals surface area (Å²) in [7, 11) is 0.0871. The number of rotatable bonds is 73. The van der Waals surface area contributed by atoms with E-state index in [9.17, 15) is 0 Å². The van der Waals surface area contributed by atoms with E-state index in [1.54, 1.807) is 76.5 Å². The Labute approximate surface area is 519 Å². The molecular weight excluding hydrogens is 992 g/mol. The van der Waals surface area contributed by atoms with Crippen molar-refractivity contribution in [3.05, 3.63) is 0 Å². The second-order valence-electron chi connectivity index (χ2n) is 28.4. The Balaban J connectivity index is 6.30. The molecule has 0 saturated carbocycles. The van der Waals surface area contributed by atoms with Gasteiger partial charge in [0.1, 0.15) is 0 Å². The lowest BCUT2D eigenvalue weighted by Crippen LogP contribution is -2.30. The molecule has 0 nitrogen and oxygen atoms in total. The molecule has 0 aromatic rings. The number of hydrogen-bond donors (Lipinski definition) is 0. The molecule has 0 bridgehead atoms. The highest BCUT2D eigenvalue weighted by Gasteiger charge is 2.36. The van der Waals surface area contributed by atoms with E-state index >= 15 is 0 Å². The summed E-state index contributed by atoms with van der Waals surface area (Å²) in [6.45, 7) is 16.6. The average Bonchev–Trinajstić information content (AvgIpc) is 3.48. The van der Waals surface area contributed by atoms with Gasteiger partial charge in [-0.05, 0) is 80.7 Å². The smallest absolute Gasteiger partial charge is 0.00944 e. The molecule has 0 atom stereocenters. The highest BCUT2D eigenvalue weighted by molar-refractivity contribution is 7.59. The van der Waals surface area contributed by atoms with Crippen molar-refractivity contribution in [1.29, 1.82) is 0 Å². The van der Waals surface area contributed by atoms with E-state index in [4.69, 9.17) is 0 Å². The first-order valence-corrected chi connectivity index (χ1v) is 41.5. The summed E-state index contributed by atoms with van der Waals surface area (Å²) < 4.78 is 0. The zero-order valence-corrected chi connectivity index (χ0v) is 59.5. The summed E-state index contributed by atoms with van der Waals surface area (Å²) in [6, 6.07) is 0. The molecular formula is C80H163P. The number of hydrogen-bond acceptors (Lipinski definition) is 0. The lowest BCUT2D eigenvalue weighted by molar-refractivity contribution is 0.171. The van der Waals surface area contributed by atoms with Crippen molar-refractivity contribution >= 4 is 7.92 Å². The van der Waals surface area contributed by atoms with Gasteiger partial charge in [0.05, 0.1) is 0 Å². The Hall–Kier alpha value is 0.430. The van der Waals surface area contributed by atoms with Crippen LogP contribution in [0.15, 0.2) is 0 Å². The molecule has 0 aromatic heterocycles. The van der Waals surface area contributed by atoms with Gasteiger partial charge in [-0.25, -0.2) is 0 Å². The first-order valence-electron chi connectivity index (χ1n) is 39.8. The van der Waals surface area contributed by atoms with Crippen LogP contribution < -0.4 is 0 Å². The standard InChI is InChI=1S/C80H163P/c1-8-15-22-29-36-43-52-61-70-79(71-62-53-44-37-30-23-16-9-2,72-63-54-45-38-31-24-17-10-3)73-64-55-48-49-58-67-76-80(74-65-56-46-39-32-25-18-11-4,75-66-57-47-40-33-26-19-12-5)81(77-68-59-50-41-34-27-20-13-6)78-69-60-51-42-35-28-21-14-7/h8-78H2,1-7H3. The highest BCUT2D eigenvalue weighted by atomic mass is 31.1. The van der Waals surface area contributed by atoms with E-state index in [1.165, 1.54) is 379 Å². The van der Waals surface area contributed by atoms with Crippen LogP contribution >= 0.6 is 7.92 Å².